The standard InChI is InChI=1S/C21H18F3N3O/c1-14-4-2-3-5-15(14)12-20(28)27-18-10-11-19(25-13-18)26-17-8-6-16(7-9-17)21(22,23)24/h2-11,13H,12H2,1H3,(H,25,26)(H,27,28). The molecule has 0 aliphatic heterocycles. The number of pyridine rings is 1. The van der Waals surface area contributed by atoms with Gasteiger partial charge in [-0.1, -0.05) is 24.3 Å². The van der Waals surface area contributed by atoms with E-state index in [-0.39, 0.29) is 12.3 Å². The summed E-state index contributed by atoms with van der Waals surface area (Å²) >= 11 is 0. The molecule has 3 rings (SSSR count). The first kappa shape index (κ1) is 19.4. The largest absolute Gasteiger partial charge is 0.416 e. The van der Waals surface area contributed by atoms with Crippen LogP contribution in [0.5, 0.6) is 0 Å². The van der Waals surface area contributed by atoms with E-state index in [1.807, 2.05) is 31.2 Å². The van der Waals surface area contributed by atoms with Gasteiger partial charge in [0.25, 0.3) is 0 Å². The fraction of sp³-hybridized carbons (Fsp3) is 0.143. The third-order valence-corrected chi connectivity index (χ3v) is 4.14. The minimum Gasteiger partial charge on any atom is -0.340 e. The van der Waals surface area contributed by atoms with Gasteiger partial charge in [0.2, 0.25) is 5.91 Å². The molecule has 2 aromatic carbocycles. The van der Waals surface area contributed by atoms with Gasteiger partial charge in [-0.3, -0.25) is 4.79 Å². The molecule has 4 nitrogen and oxygen atoms in total. The van der Waals surface area contributed by atoms with Crippen molar-refractivity contribution in [2.75, 3.05) is 10.6 Å². The van der Waals surface area contributed by atoms with E-state index in [4.69, 9.17) is 0 Å². The first-order valence-corrected chi connectivity index (χ1v) is 8.56. The molecule has 7 heteroatoms. The summed E-state index contributed by atoms with van der Waals surface area (Å²) in [7, 11) is 0. The van der Waals surface area contributed by atoms with E-state index >= 15 is 0 Å². The highest BCUT2D eigenvalue weighted by atomic mass is 19.4. The number of halogens is 3. The Morgan fingerprint density at radius 3 is 2.25 bits per heavy atom. The lowest BCUT2D eigenvalue weighted by Gasteiger charge is -2.10. The summed E-state index contributed by atoms with van der Waals surface area (Å²) in [5.74, 6) is 0.302. The molecule has 0 aliphatic carbocycles. The second-order valence-corrected chi connectivity index (χ2v) is 6.28. The van der Waals surface area contributed by atoms with E-state index in [1.165, 1.54) is 18.3 Å². The maximum atomic E-state index is 12.6. The van der Waals surface area contributed by atoms with Crippen molar-refractivity contribution in [2.24, 2.45) is 0 Å². The van der Waals surface area contributed by atoms with Crippen LogP contribution >= 0.6 is 0 Å². The summed E-state index contributed by atoms with van der Waals surface area (Å²) in [6, 6.07) is 15.7. The number of aromatic nitrogens is 1. The predicted molar refractivity (Wildman–Crippen MR) is 102 cm³/mol. The maximum absolute atomic E-state index is 12.6. The van der Waals surface area contributed by atoms with Crippen molar-refractivity contribution in [3.05, 3.63) is 83.6 Å². The first-order valence-electron chi connectivity index (χ1n) is 8.56. The Morgan fingerprint density at radius 1 is 0.964 bits per heavy atom. The fourth-order valence-electron chi connectivity index (χ4n) is 2.62. The zero-order chi connectivity index (χ0) is 20.1. The van der Waals surface area contributed by atoms with Gasteiger partial charge in [0.15, 0.2) is 0 Å². The average Bonchev–Trinajstić information content (AvgIpc) is 2.65. The number of amides is 1. The lowest BCUT2D eigenvalue weighted by atomic mass is 10.1. The van der Waals surface area contributed by atoms with Crippen molar-refractivity contribution in [1.82, 2.24) is 4.98 Å². The number of nitrogens with zero attached hydrogens (tertiary/aromatic N) is 1. The van der Waals surface area contributed by atoms with Crippen LogP contribution < -0.4 is 10.6 Å². The first-order chi connectivity index (χ1) is 13.3. The molecule has 0 aliphatic rings. The van der Waals surface area contributed by atoms with Crippen molar-refractivity contribution in [2.45, 2.75) is 19.5 Å². The van der Waals surface area contributed by atoms with Crippen LogP contribution in [0.1, 0.15) is 16.7 Å². The maximum Gasteiger partial charge on any atom is 0.416 e. The van der Waals surface area contributed by atoms with Crippen LogP contribution in [0.3, 0.4) is 0 Å². The number of nitrogens with one attached hydrogen (secondary N) is 2. The Labute approximate surface area is 160 Å². The summed E-state index contributed by atoms with van der Waals surface area (Å²) in [5.41, 5.74) is 2.31. The summed E-state index contributed by atoms with van der Waals surface area (Å²) in [5, 5.41) is 5.70. The summed E-state index contributed by atoms with van der Waals surface area (Å²) in [6.45, 7) is 1.95. The SMILES string of the molecule is Cc1ccccc1CC(=O)Nc1ccc(Nc2ccc(C(F)(F)F)cc2)nc1. The lowest BCUT2D eigenvalue weighted by Crippen LogP contribution is -2.15. The molecule has 144 valence electrons. The third kappa shape index (κ3) is 5.09. The number of alkyl halides is 3. The topological polar surface area (TPSA) is 54.0 Å². The molecule has 0 radical (unpaired) electrons. The van der Waals surface area contributed by atoms with Crippen LogP contribution in [0.4, 0.5) is 30.4 Å². The normalized spacial score (nSPS) is 11.1. The number of hydrogen-bond acceptors (Lipinski definition) is 3. The molecular weight excluding hydrogens is 367 g/mol. The number of carbonyl (C=O) groups is 1. The molecule has 2 N–H and O–H groups in total. The molecule has 0 spiro atoms. The molecule has 0 fully saturated rings. The van der Waals surface area contributed by atoms with Crippen molar-refractivity contribution >= 4 is 23.1 Å². The molecule has 28 heavy (non-hydrogen) atoms. The number of aryl methyl sites for hydroxylation is 1. The van der Waals surface area contributed by atoms with Gasteiger partial charge < -0.3 is 10.6 Å². The minimum atomic E-state index is -4.37. The predicted octanol–water partition coefficient (Wildman–Crippen LogP) is 5.33. The van der Waals surface area contributed by atoms with Crippen LogP contribution in [-0.4, -0.2) is 10.9 Å². The van der Waals surface area contributed by atoms with E-state index < -0.39 is 11.7 Å². The lowest BCUT2D eigenvalue weighted by molar-refractivity contribution is -0.137. The monoisotopic (exact) mass is 385 g/mol. The number of carbonyl (C=O) groups excluding carboxylic acids is 1. The van der Waals surface area contributed by atoms with Crippen LogP contribution in [0.25, 0.3) is 0 Å². The van der Waals surface area contributed by atoms with Gasteiger partial charge in [0.1, 0.15) is 5.82 Å². The van der Waals surface area contributed by atoms with Crippen LogP contribution in [0, 0.1) is 6.92 Å². The van der Waals surface area contributed by atoms with Gasteiger partial charge >= 0.3 is 6.18 Å². The second kappa shape index (κ2) is 8.12. The quantitative estimate of drug-likeness (QED) is 0.624. The molecule has 0 bridgehead atoms. The Bertz CT molecular complexity index is 952. The smallest absolute Gasteiger partial charge is 0.340 e. The van der Waals surface area contributed by atoms with Crippen LogP contribution in [0.15, 0.2) is 66.9 Å². The zero-order valence-electron chi connectivity index (χ0n) is 15.0. The van der Waals surface area contributed by atoms with Crippen molar-refractivity contribution < 1.29 is 18.0 Å². The Kier molecular flexibility index (Phi) is 5.63. The second-order valence-electron chi connectivity index (χ2n) is 6.28. The van der Waals surface area contributed by atoms with Gasteiger partial charge in [-0.2, -0.15) is 13.2 Å². The van der Waals surface area contributed by atoms with E-state index in [0.29, 0.717) is 17.2 Å². The van der Waals surface area contributed by atoms with Gasteiger partial charge in [0.05, 0.1) is 23.9 Å². The highest BCUT2D eigenvalue weighted by molar-refractivity contribution is 5.92. The summed E-state index contributed by atoms with van der Waals surface area (Å²) in [4.78, 5) is 16.4. The van der Waals surface area contributed by atoms with Crippen LogP contribution in [0.2, 0.25) is 0 Å². The third-order valence-electron chi connectivity index (χ3n) is 4.14. The fourth-order valence-corrected chi connectivity index (χ4v) is 2.62. The van der Waals surface area contributed by atoms with Crippen molar-refractivity contribution in [3.63, 3.8) is 0 Å². The Balaban J connectivity index is 1.59. The minimum absolute atomic E-state index is 0.153. The van der Waals surface area contributed by atoms with Gasteiger partial charge in [-0.15, -0.1) is 0 Å². The molecule has 0 saturated carbocycles. The number of anilines is 3. The highest BCUT2D eigenvalue weighted by Gasteiger charge is 2.29. The number of benzene rings is 2. The molecular formula is C21H18F3N3O. The molecule has 1 aromatic heterocycles. The van der Waals surface area contributed by atoms with Gasteiger partial charge in [-0.25, -0.2) is 4.98 Å². The molecule has 1 heterocycles. The Morgan fingerprint density at radius 2 is 1.64 bits per heavy atom. The molecule has 1 amide bonds. The highest BCUT2D eigenvalue weighted by Crippen LogP contribution is 2.30. The molecule has 0 unspecified atom stereocenters. The summed E-state index contributed by atoms with van der Waals surface area (Å²) in [6.07, 6.45) is -2.62. The Hall–Kier alpha value is -3.35. The van der Waals surface area contributed by atoms with Crippen LogP contribution in [-0.2, 0) is 17.4 Å². The summed E-state index contributed by atoms with van der Waals surface area (Å²) < 4.78 is 37.8. The average molecular weight is 385 g/mol. The van der Waals surface area contributed by atoms with Gasteiger partial charge in [-0.05, 0) is 54.4 Å². The van der Waals surface area contributed by atoms with E-state index in [2.05, 4.69) is 15.6 Å². The van der Waals surface area contributed by atoms with E-state index in [1.54, 1.807) is 12.1 Å². The van der Waals surface area contributed by atoms with E-state index in [9.17, 15) is 18.0 Å². The van der Waals surface area contributed by atoms with E-state index in [0.717, 1.165) is 23.3 Å². The van der Waals surface area contributed by atoms with Gasteiger partial charge in [0, 0.05) is 5.69 Å². The molecule has 0 saturated heterocycles. The molecule has 0 atom stereocenters. The zero-order valence-corrected chi connectivity index (χ0v) is 15.0. The molecule has 3 aromatic rings. The number of hydrogen-bond donors (Lipinski definition) is 2. The van der Waals surface area contributed by atoms with Crippen molar-refractivity contribution in [1.29, 1.82) is 0 Å². The number of rotatable bonds is 5. The van der Waals surface area contributed by atoms with Crippen molar-refractivity contribution in [3.8, 4) is 0 Å².